The van der Waals surface area contributed by atoms with Crippen LogP contribution in [-0.4, -0.2) is 20.4 Å². The molecule has 1 fully saturated rings. The van der Waals surface area contributed by atoms with Gasteiger partial charge in [-0.25, -0.2) is 17.5 Å². The smallest absolute Gasteiger partial charge is 0.243 e. The van der Waals surface area contributed by atoms with Gasteiger partial charge in [-0.1, -0.05) is 30.3 Å². The maximum Gasteiger partial charge on any atom is 0.243 e. The lowest BCUT2D eigenvalue weighted by atomic mass is 10.0. The van der Waals surface area contributed by atoms with Crippen LogP contribution in [0.2, 0.25) is 0 Å². The van der Waals surface area contributed by atoms with Crippen molar-refractivity contribution in [1.29, 1.82) is 0 Å². The standard InChI is InChI=1S/C18H20FN3O3S.ClH/c19-15-9-8-14(10-17(15)26(24,25)22-13-6-7-13)21-18(23)11-16(20)12-4-2-1-3-5-12;/h1-5,8-10,13,16,22H,6-7,11,20H2,(H,21,23);1H. The number of carbonyl (C=O) groups is 1. The van der Waals surface area contributed by atoms with E-state index in [-0.39, 0.29) is 36.5 Å². The first-order chi connectivity index (χ1) is 12.3. The van der Waals surface area contributed by atoms with Crippen molar-refractivity contribution in [2.24, 2.45) is 5.73 Å². The third-order valence-electron chi connectivity index (χ3n) is 4.04. The van der Waals surface area contributed by atoms with E-state index in [2.05, 4.69) is 10.0 Å². The molecule has 0 bridgehead atoms. The van der Waals surface area contributed by atoms with E-state index in [9.17, 15) is 17.6 Å². The number of benzene rings is 2. The Bertz CT molecular complexity index is 905. The number of rotatable bonds is 7. The zero-order chi connectivity index (χ0) is 18.7. The number of hydrogen-bond donors (Lipinski definition) is 3. The molecule has 27 heavy (non-hydrogen) atoms. The van der Waals surface area contributed by atoms with Gasteiger partial charge in [0.2, 0.25) is 15.9 Å². The lowest BCUT2D eigenvalue weighted by Gasteiger charge is -2.13. The van der Waals surface area contributed by atoms with Gasteiger partial charge < -0.3 is 11.1 Å². The molecule has 0 radical (unpaired) electrons. The maximum atomic E-state index is 14.0. The average Bonchev–Trinajstić information content (AvgIpc) is 3.40. The number of nitrogens with one attached hydrogen (secondary N) is 2. The topological polar surface area (TPSA) is 101 Å². The van der Waals surface area contributed by atoms with Crippen LogP contribution in [0.4, 0.5) is 10.1 Å². The molecule has 1 saturated carbocycles. The molecule has 0 saturated heterocycles. The van der Waals surface area contributed by atoms with Crippen LogP contribution in [-0.2, 0) is 14.8 Å². The molecular formula is C18H21ClFN3O3S. The highest BCUT2D eigenvalue weighted by Crippen LogP contribution is 2.25. The summed E-state index contributed by atoms with van der Waals surface area (Å²) >= 11 is 0. The molecule has 2 aromatic rings. The van der Waals surface area contributed by atoms with E-state index in [1.807, 2.05) is 30.3 Å². The summed E-state index contributed by atoms with van der Waals surface area (Å²) in [5.74, 6) is -1.25. The van der Waals surface area contributed by atoms with Crippen LogP contribution in [0.5, 0.6) is 0 Å². The van der Waals surface area contributed by atoms with Gasteiger partial charge in [-0.05, 0) is 36.6 Å². The number of halogens is 2. The Morgan fingerprint density at radius 1 is 1.19 bits per heavy atom. The molecule has 3 rings (SSSR count). The highest BCUT2D eigenvalue weighted by molar-refractivity contribution is 7.89. The van der Waals surface area contributed by atoms with E-state index in [1.165, 1.54) is 6.07 Å². The monoisotopic (exact) mass is 413 g/mol. The lowest BCUT2D eigenvalue weighted by Crippen LogP contribution is -2.27. The fourth-order valence-electron chi connectivity index (χ4n) is 2.50. The molecule has 1 atom stereocenters. The van der Waals surface area contributed by atoms with Gasteiger partial charge in [0.15, 0.2) is 0 Å². The summed E-state index contributed by atoms with van der Waals surface area (Å²) in [5.41, 5.74) is 7.03. The first kappa shape index (κ1) is 21.3. The second kappa shape index (κ2) is 8.79. The van der Waals surface area contributed by atoms with Crippen LogP contribution in [0.3, 0.4) is 0 Å². The van der Waals surface area contributed by atoms with Crippen LogP contribution >= 0.6 is 12.4 Å². The predicted molar refractivity (Wildman–Crippen MR) is 104 cm³/mol. The summed E-state index contributed by atoms with van der Waals surface area (Å²) in [4.78, 5) is 11.7. The summed E-state index contributed by atoms with van der Waals surface area (Å²) in [7, 11) is -3.95. The Hall–Kier alpha value is -2.00. The van der Waals surface area contributed by atoms with Crippen LogP contribution in [0.15, 0.2) is 53.4 Å². The molecule has 0 aromatic heterocycles. The fraction of sp³-hybridized carbons (Fsp3) is 0.278. The minimum absolute atomic E-state index is 0. The molecule has 6 nitrogen and oxygen atoms in total. The molecule has 2 aromatic carbocycles. The molecule has 0 spiro atoms. The highest BCUT2D eigenvalue weighted by Gasteiger charge is 2.30. The van der Waals surface area contributed by atoms with Gasteiger partial charge in [0, 0.05) is 24.2 Å². The Balaban J connectivity index is 0.00000261. The second-order valence-corrected chi connectivity index (χ2v) is 7.99. The maximum absolute atomic E-state index is 14.0. The number of carbonyl (C=O) groups excluding carboxylic acids is 1. The molecule has 146 valence electrons. The van der Waals surface area contributed by atoms with Gasteiger partial charge in [-0.2, -0.15) is 0 Å². The van der Waals surface area contributed by atoms with Crippen molar-refractivity contribution in [1.82, 2.24) is 4.72 Å². The van der Waals surface area contributed by atoms with E-state index >= 15 is 0 Å². The van der Waals surface area contributed by atoms with Gasteiger partial charge in [0.1, 0.15) is 10.7 Å². The number of nitrogens with two attached hydrogens (primary N) is 1. The molecule has 1 unspecified atom stereocenters. The van der Waals surface area contributed by atoms with E-state index < -0.39 is 26.8 Å². The molecule has 1 amide bonds. The number of amides is 1. The van der Waals surface area contributed by atoms with Crippen molar-refractivity contribution in [3.05, 3.63) is 59.9 Å². The predicted octanol–water partition coefficient (Wildman–Crippen LogP) is 2.72. The van der Waals surface area contributed by atoms with Gasteiger partial charge in [0.05, 0.1) is 0 Å². The van der Waals surface area contributed by atoms with Crippen molar-refractivity contribution < 1.29 is 17.6 Å². The van der Waals surface area contributed by atoms with Gasteiger partial charge in [-0.3, -0.25) is 4.79 Å². The summed E-state index contributed by atoms with van der Waals surface area (Å²) < 4.78 is 40.8. The molecular weight excluding hydrogens is 393 g/mol. The zero-order valence-corrected chi connectivity index (χ0v) is 16.0. The van der Waals surface area contributed by atoms with Gasteiger partial charge in [-0.15, -0.1) is 12.4 Å². The summed E-state index contributed by atoms with van der Waals surface area (Å²) in [6.07, 6.45) is 1.51. The van der Waals surface area contributed by atoms with Crippen molar-refractivity contribution >= 4 is 34.0 Å². The van der Waals surface area contributed by atoms with Crippen LogP contribution in [0.25, 0.3) is 0 Å². The second-order valence-electron chi connectivity index (χ2n) is 6.31. The van der Waals surface area contributed by atoms with Gasteiger partial charge in [0.25, 0.3) is 0 Å². The van der Waals surface area contributed by atoms with E-state index in [1.54, 1.807) is 0 Å². The SMILES string of the molecule is Cl.NC(CC(=O)Nc1ccc(F)c(S(=O)(=O)NC2CC2)c1)c1ccccc1. The first-order valence-corrected chi connectivity index (χ1v) is 9.76. The normalized spacial score (nSPS) is 14.9. The third-order valence-corrected chi connectivity index (χ3v) is 5.57. The van der Waals surface area contributed by atoms with Crippen LogP contribution < -0.4 is 15.8 Å². The quantitative estimate of drug-likeness (QED) is 0.649. The molecule has 1 aliphatic carbocycles. The van der Waals surface area contributed by atoms with Crippen LogP contribution in [0, 0.1) is 5.82 Å². The van der Waals surface area contributed by atoms with E-state index in [0.29, 0.717) is 0 Å². The van der Waals surface area contributed by atoms with Crippen LogP contribution in [0.1, 0.15) is 30.9 Å². The van der Waals surface area contributed by atoms with Crippen molar-refractivity contribution in [3.8, 4) is 0 Å². The molecule has 0 heterocycles. The zero-order valence-electron chi connectivity index (χ0n) is 14.4. The summed E-state index contributed by atoms with van der Waals surface area (Å²) in [6, 6.07) is 12.0. The molecule has 9 heteroatoms. The molecule has 4 N–H and O–H groups in total. The fourth-order valence-corrected chi connectivity index (χ4v) is 3.91. The summed E-state index contributed by atoms with van der Waals surface area (Å²) in [5, 5.41) is 2.57. The average molecular weight is 414 g/mol. The number of sulfonamides is 1. The van der Waals surface area contributed by atoms with E-state index in [4.69, 9.17) is 5.73 Å². The number of anilines is 1. The largest absolute Gasteiger partial charge is 0.326 e. The third kappa shape index (κ3) is 5.74. The minimum Gasteiger partial charge on any atom is -0.326 e. The number of hydrogen-bond acceptors (Lipinski definition) is 4. The van der Waals surface area contributed by atoms with E-state index in [0.717, 1.165) is 30.5 Å². The Labute approximate surface area is 163 Å². The molecule has 1 aliphatic rings. The highest BCUT2D eigenvalue weighted by atomic mass is 35.5. The summed E-state index contributed by atoms with van der Waals surface area (Å²) in [6.45, 7) is 0. The van der Waals surface area contributed by atoms with Crippen molar-refractivity contribution in [3.63, 3.8) is 0 Å². The first-order valence-electron chi connectivity index (χ1n) is 8.27. The van der Waals surface area contributed by atoms with Crippen molar-refractivity contribution in [2.75, 3.05) is 5.32 Å². The van der Waals surface area contributed by atoms with Crippen molar-refractivity contribution in [2.45, 2.75) is 36.2 Å². The minimum atomic E-state index is -3.95. The molecule has 0 aliphatic heterocycles. The Kier molecular flexibility index (Phi) is 6.94. The Morgan fingerprint density at radius 3 is 2.48 bits per heavy atom. The van der Waals surface area contributed by atoms with Gasteiger partial charge >= 0.3 is 0 Å². The Morgan fingerprint density at radius 2 is 1.85 bits per heavy atom. The lowest BCUT2D eigenvalue weighted by molar-refractivity contribution is -0.116.